The van der Waals surface area contributed by atoms with Gasteiger partial charge in [-0.15, -0.1) is 6.42 Å². The van der Waals surface area contributed by atoms with Crippen LogP contribution in [0.25, 0.3) is 0 Å². The lowest BCUT2D eigenvalue weighted by molar-refractivity contribution is -0.0769. The Hall–Kier alpha value is -1.46. The summed E-state index contributed by atoms with van der Waals surface area (Å²) in [5, 5.41) is 20.6. The van der Waals surface area contributed by atoms with Gasteiger partial charge in [-0.1, -0.05) is 25.0 Å². The van der Waals surface area contributed by atoms with Crippen molar-refractivity contribution in [1.82, 2.24) is 0 Å². The van der Waals surface area contributed by atoms with Crippen LogP contribution in [0.2, 0.25) is 0 Å². The number of fused-ring (bicyclic) bond motifs is 5. The Morgan fingerprint density at radius 3 is 2.86 bits per heavy atom. The highest BCUT2D eigenvalue weighted by molar-refractivity contribution is 5.39. The maximum absolute atomic E-state index is 10.9. The van der Waals surface area contributed by atoms with Crippen molar-refractivity contribution in [1.29, 1.82) is 0 Å². The highest BCUT2D eigenvalue weighted by Gasteiger charge is 2.61. The Morgan fingerprint density at radius 2 is 2.09 bits per heavy atom. The molecule has 22 heavy (non-hydrogen) atoms. The zero-order valence-corrected chi connectivity index (χ0v) is 13.1. The Balaban J connectivity index is 1.69. The van der Waals surface area contributed by atoms with Gasteiger partial charge in [0.15, 0.2) is 0 Å². The van der Waals surface area contributed by atoms with E-state index >= 15 is 0 Å². The van der Waals surface area contributed by atoms with Crippen LogP contribution in [0.15, 0.2) is 35.6 Å². The Labute approximate surface area is 132 Å². The van der Waals surface area contributed by atoms with Crippen molar-refractivity contribution in [2.75, 3.05) is 0 Å². The summed E-state index contributed by atoms with van der Waals surface area (Å²) in [6.07, 6.45) is 18.9. The average molecular weight is 296 g/mol. The molecule has 0 aromatic carbocycles. The molecule has 0 heterocycles. The van der Waals surface area contributed by atoms with Gasteiger partial charge in [0.05, 0.1) is 0 Å². The molecule has 0 bridgehead atoms. The molecule has 2 fully saturated rings. The van der Waals surface area contributed by atoms with Gasteiger partial charge in [-0.3, -0.25) is 0 Å². The van der Waals surface area contributed by atoms with E-state index in [0.717, 1.165) is 32.1 Å². The molecule has 0 radical (unpaired) electrons. The van der Waals surface area contributed by atoms with E-state index in [1.54, 1.807) is 0 Å². The first-order valence-electron chi connectivity index (χ1n) is 8.47. The predicted octanol–water partition coefficient (Wildman–Crippen LogP) is 3.75. The molecule has 6 atom stereocenters. The second kappa shape index (κ2) is 4.52. The third-order valence-corrected chi connectivity index (χ3v) is 7.14. The van der Waals surface area contributed by atoms with E-state index in [2.05, 4.69) is 25.0 Å². The number of aliphatic hydroxyl groups is 2. The number of rotatable bonds is 0. The molecule has 0 unspecified atom stereocenters. The zero-order chi connectivity index (χ0) is 15.5. The van der Waals surface area contributed by atoms with Gasteiger partial charge in [0, 0.05) is 11.3 Å². The van der Waals surface area contributed by atoms with Gasteiger partial charge in [0.25, 0.3) is 0 Å². The summed E-state index contributed by atoms with van der Waals surface area (Å²) >= 11 is 0. The SMILES string of the molecule is C#C[C@]1(O)CC[C@H]2[C@@H]3CC=C4C=C(O)C=C[C@@H]4[C@H]3CC[C@@]21C. The number of hydrogen-bond acceptors (Lipinski definition) is 2. The summed E-state index contributed by atoms with van der Waals surface area (Å²) in [5.41, 5.74) is 0.215. The van der Waals surface area contributed by atoms with E-state index in [1.807, 2.05) is 12.2 Å². The maximum Gasteiger partial charge on any atom is 0.130 e. The molecule has 0 aliphatic heterocycles. The van der Waals surface area contributed by atoms with Gasteiger partial charge in [-0.25, -0.2) is 0 Å². The average Bonchev–Trinajstić information content (AvgIpc) is 2.79. The van der Waals surface area contributed by atoms with E-state index in [-0.39, 0.29) is 5.41 Å². The summed E-state index contributed by atoms with van der Waals surface area (Å²) in [4.78, 5) is 0. The second-order valence-electron chi connectivity index (χ2n) is 7.83. The predicted molar refractivity (Wildman–Crippen MR) is 86.9 cm³/mol. The first-order valence-corrected chi connectivity index (χ1v) is 8.47. The maximum atomic E-state index is 10.9. The molecule has 2 saturated carbocycles. The number of hydrogen-bond donors (Lipinski definition) is 2. The van der Waals surface area contributed by atoms with Crippen molar-refractivity contribution in [3.8, 4) is 12.3 Å². The molecule has 0 amide bonds. The quantitative estimate of drug-likeness (QED) is 0.668. The first-order chi connectivity index (χ1) is 10.5. The highest BCUT2D eigenvalue weighted by Crippen LogP contribution is 2.63. The van der Waals surface area contributed by atoms with Gasteiger partial charge in [-0.05, 0) is 67.6 Å². The van der Waals surface area contributed by atoms with E-state index in [0.29, 0.717) is 29.4 Å². The molecule has 4 rings (SSSR count). The Morgan fingerprint density at radius 1 is 1.27 bits per heavy atom. The lowest BCUT2D eigenvalue weighted by atomic mass is 9.52. The van der Waals surface area contributed by atoms with Crippen LogP contribution >= 0.6 is 0 Å². The molecule has 2 nitrogen and oxygen atoms in total. The molecular formula is C20H24O2. The number of allylic oxidation sites excluding steroid dienone is 5. The van der Waals surface area contributed by atoms with Crippen LogP contribution in [0.5, 0.6) is 0 Å². The van der Waals surface area contributed by atoms with Crippen LogP contribution in [0.3, 0.4) is 0 Å². The molecule has 4 aliphatic carbocycles. The largest absolute Gasteiger partial charge is 0.508 e. The smallest absolute Gasteiger partial charge is 0.130 e. The third-order valence-electron chi connectivity index (χ3n) is 7.14. The third kappa shape index (κ3) is 1.66. The lowest BCUT2D eigenvalue weighted by Gasteiger charge is -2.53. The van der Waals surface area contributed by atoms with Crippen molar-refractivity contribution >= 4 is 0 Å². The van der Waals surface area contributed by atoms with E-state index in [4.69, 9.17) is 6.42 Å². The van der Waals surface area contributed by atoms with Crippen LogP contribution in [-0.4, -0.2) is 15.8 Å². The van der Waals surface area contributed by atoms with Crippen LogP contribution in [0.1, 0.15) is 39.0 Å². The van der Waals surface area contributed by atoms with E-state index in [1.165, 1.54) is 5.57 Å². The van der Waals surface area contributed by atoms with Crippen LogP contribution in [-0.2, 0) is 0 Å². The molecule has 0 saturated heterocycles. The summed E-state index contributed by atoms with van der Waals surface area (Å²) in [6.45, 7) is 2.21. The van der Waals surface area contributed by atoms with Crippen molar-refractivity contribution in [2.45, 2.75) is 44.6 Å². The van der Waals surface area contributed by atoms with Crippen LogP contribution < -0.4 is 0 Å². The molecule has 0 spiro atoms. The molecule has 116 valence electrons. The van der Waals surface area contributed by atoms with Crippen molar-refractivity contribution < 1.29 is 10.2 Å². The van der Waals surface area contributed by atoms with Gasteiger partial charge >= 0.3 is 0 Å². The first kappa shape index (κ1) is 14.2. The molecule has 2 N–H and O–H groups in total. The monoisotopic (exact) mass is 296 g/mol. The Kier molecular flexibility index (Phi) is 2.91. The fraction of sp³-hybridized carbons (Fsp3) is 0.600. The minimum absolute atomic E-state index is 0.134. The second-order valence-corrected chi connectivity index (χ2v) is 7.83. The number of terminal acetylenes is 1. The molecular weight excluding hydrogens is 272 g/mol. The van der Waals surface area contributed by atoms with Crippen LogP contribution in [0.4, 0.5) is 0 Å². The van der Waals surface area contributed by atoms with Crippen molar-refractivity contribution in [3.05, 3.63) is 35.6 Å². The van der Waals surface area contributed by atoms with E-state index in [9.17, 15) is 10.2 Å². The summed E-state index contributed by atoms with van der Waals surface area (Å²) < 4.78 is 0. The van der Waals surface area contributed by atoms with Crippen LogP contribution in [0, 0.1) is 41.4 Å². The van der Waals surface area contributed by atoms with Gasteiger partial charge in [0.2, 0.25) is 0 Å². The Bertz CT molecular complexity index is 635. The van der Waals surface area contributed by atoms with Crippen molar-refractivity contribution in [3.63, 3.8) is 0 Å². The van der Waals surface area contributed by atoms with Gasteiger partial charge < -0.3 is 10.2 Å². The lowest BCUT2D eigenvalue weighted by Crippen LogP contribution is -2.51. The summed E-state index contributed by atoms with van der Waals surface area (Å²) in [5.74, 6) is 5.26. The summed E-state index contributed by atoms with van der Waals surface area (Å²) in [7, 11) is 0. The minimum atomic E-state index is -0.923. The highest BCUT2D eigenvalue weighted by atomic mass is 16.3. The molecule has 0 aromatic rings. The fourth-order valence-electron chi connectivity index (χ4n) is 5.84. The van der Waals surface area contributed by atoms with Gasteiger partial charge in [0.1, 0.15) is 11.4 Å². The topological polar surface area (TPSA) is 40.5 Å². The normalized spacial score (nSPS) is 49.3. The van der Waals surface area contributed by atoms with Gasteiger partial charge in [-0.2, -0.15) is 0 Å². The number of aliphatic hydroxyl groups excluding tert-OH is 1. The fourth-order valence-corrected chi connectivity index (χ4v) is 5.84. The molecule has 2 heteroatoms. The van der Waals surface area contributed by atoms with Crippen molar-refractivity contribution in [2.24, 2.45) is 29.1 Å². The zero-order valence-electron chi connectivity index (χ0n) is 13.1. The molecule has 0 aromatic heterocycles. The van der Waals surface area contributed by atoms with E-state index < -0.39 is 5.60 Å². The minimum Gasteiger partial charge on any atom is -0.508 e. The summed E-state index contributed by atoms with van der Waals surface area (Å²) in [6, 6.07) is 0. The standard InChI is InChI=1S/C20H24O2/c1-3-20(22)11-9-18-17-6-4-13-12-14(21)5-7-15(13)16(17)8-10-19(18,20)2/h1,4-5,7,12,15-18,21-22H,6,8-11H2,2H3/t15-,16+,17+,18-,19-,20-/m0/s1. The molecule has 4 aliphatic rings.